The molecule has 1 heterocycles. The van der Waals surface area contributed by atoms with Gasteiger partial charge in [0.1, 0.15) is 16.4 Å². The Hall–Kier alpha value is -0.890. The number of sulfonamides is 1. The third-order valence-corrected chi connectivity index (χ3v) is 5.37. The Morgan fingerprint density at radius 1 is 1.38 bits per heavy atom. The highest BCUT2D eigenvalue weighted by Crippen LogP contribution is 2.24. The second-order valence-electron chi connectivity index (χ2n) is 5.49. The predicted molar refractivity (Wildman–Crippen MR) is 81.7 cm³/mol. The number of hydrogen-bond donors (Lipinski definition) is 1. The smallest absolute Gasteiger partial charge is 0.246 e. The zero-order valence-electron chi connectivity index (χ0n) is 13.6. The van der Waals surface area contributed by atoms with E-state index in [0.29, 0.717) is 30.7 Å². The van der Waals surface area contributed by atoms with E-state index >= 15 is 0 Å². The topological polar surface area (TPSA) is 71.8 Å². The molecule has 1 rings (SSSR count). The van der Waals surface area contributed by atoms with Crippen LogP contribution in [0.15, 0.2) is 15.4 Å². The number of ether oxygens (including phenoxy) is 1. The molecule has 21 heavy (non-hydrogen) atoms. The number of nitrogens with one attached hydrogen (secondary N) is 1. The quantitative estimate of drug-likeness (QED) is 0.790. The van der Waals surface area contributed by atoms with Gasteiger partial charge in [-0.05, 0) is 13.8 Å². The molecule has 0 aliphatic carbocycles. The molecule has 6 nitrogen and oxygen atoms in total. The van der Waals surface area contributed by atoms with Crippen molar-refractivity contribution in [3.8, 4) is 0 Å². The summed E-state index contributed by atoms with van der Waals surface area (Å²) in [7, 11) is -0.473. The van der Waals surface area contributed by atoms with Crippen LogP contribution in [0.25, 0.3) is 0 Å². The summed E-state index contributed by atoms with van der Waals surface area (Å²) in [4.78, 5) is 0.216. The summed E-state index contributed by atoms with van der Waals surface area (Å²) in [6.07, 6.45) is 0. The Bertz CT molecular complexity index is 551. The fraction of sp³-hybridized carbons (Fsp3) is 0.714. The van der Waals surface area contributed by atoms with E-state index in [1.807, 2.05) is 13.8 Å². The summed E-state index contributed by atoms with van der Waals surface area (Å²) in [6, 6.07) is 1.65. The largest absolute Gasteiger partial charge is 0.464 e. The van der Waals surface area contributed by atoms with Crippen LogP contribution >= 0.6 is 0 Å². The second-order valence-corrected chi connectivity index (χ2v) is 7.46. The molecule has 0 saturated carbocycles. The van der Waals surface area contributed by atoms with Gasteiger partial charge < -0.3 is 14.5 Å². The van der Waals surface area contributed by atoms with Crippen LogP contribution in [-0.2, 0) is 21.3 Å². The lowest BCUT2D eigenvalue weighted by Crippen LogP contribution is -2.37. The Labute approximate surface area is 127 Å². The molecule has 0 fully saturated rings. The van der Waals surface area contributed by atoms with Crippen LogP contribution in [0.1, 0.15) is 32.3 Å². The average molecular weight is 318 g/mol. The zero-order chi connectivity index (χ0) is 16.2. The van der Waals surface area contributed by atoms with Gasteiger partial charge in [0.2, 0.25) is 10.0 Å². The van der Waals surface area contributed by atoms with Gasteiger partial charge in [-0.1, -0.05) is 13.8 Å². The van der Waals surface area contributed by atoms with Crippen molar-refractivity contribution in [3.05, 3.63) is 17.6 Å². The van der Waals surface area contributed by atoms with Gasteiger partial charge in [0.15, 0.2) is 0 Å². The number of methoxy groups -OCH3 is 1. The van der Waals surface area contributed by atoms with Gasteiger partial charge in [-0.2, -0.15) is 4.31 Å². The molecule has 1 atom stereocenters. The van der Waals surface area contributed by atoms with Crippen molar-refractivity contribution in [1.82, 2.24) is 9.62 Å². The van der Waals surface area contributed by atoms with E-state index < -0.39 is 10.0 Å². The number of hydrogen-bond acceptors (Lipinski definition) is 5. The maximum atomic E-state index is 12.6. The minimum absolute atomic E-state index is 0.216. The Balaban J connectivity index is 2.98. The first-order valence-corrected chi connectivity index (χ1v) is 8.43. The Kier molecular flexibility index (Phi) is 6.40. The molecule has 0 radical (unpaired) electrons. The van der Waals surface area contributed by atoms with Crippen molar-refractivity contribution in [2.45, 2.75) is 51.2 Å². The van der Waals surface area contributed by atoms with E-state index in [-0.39, 0.29) is 10.9 Å². The molecule has 0 aliphatic rings. The first-order chi connectivity index (χ1) is 9.70. The lowest BCUT2D eigenvalue weighted by molar-refractivity contribution is 0.149. The number of rotatable bonds is 8. The van der Waals surface area contributed by atoms with Crippen molar-refractivity contribution < 1.29 is 17.6 Å². The van der Waals surface area contributed by atoms with E-state index in [9.17, 15) is 8.42 Å². The van der Waals surface area contributed by atoms with Crippen LogP contribution in [0, 0.1) is 6.92 Å². The molecule has 1 aromatic heterocycles. The van der Waals surface area contributed by atoms with Crippen molar-refractivity contribution in [3.63, 3.8) is 0 Å². The Morgan fingerprint density at radius 3 is 2.52 bits per heavy atom. The lowest BCUT2D eigenvalue weighted by atomic mass is 10.3. The lowest BCUT2D eigenvalue weighted by Gasteiger charge is -2.23. The van der Waals surface area contributed by atoms with Crippen LogP contribution < -0.4 is 5.32 Å². The number of furan rings is 1. The van der Waals surface area contributed by atoms with Gasteiger partial charge in [0.05, 0.1) is 13.2 Å². The number of aryl methyl sites for hydroxylation is 1. The van der Waals surface area contributed by atoms with Gasteiger partial charge in [0.25, 0.3) is 0 Å². The second kappa shape index (κ2) is 7.40. The van der Waals surface area contributed by atoms with Gasteiger partial charge in [-0.15, -0.1) is 0 Å². The third-order valence-electron chi connectivity index (χ3n) is 3.29. The van der Waals surface area contributed by atoms with E-state index in [4.69, 9.17) is 9.15 Å². The molecule has 0 aliphatic heterocycles. The molecular weight excluding hydrogens is 292 g/mol. The molecule has 1 N–H and O–H groups in total. The van der Waals surface area contributed by atoms with Crippen LogP contribution in [0.4, 0.5) is 0 Å². The molecule has 0 aromatic carbocycles. The molecule has 7 heteroatoms. The first kappa shape index (κ1) is 18.2. The fourth-order valence-electron chi connectivity index (χ4n) is 1.91. The van der Waals surface area contributed by atoms with Crippen molar-refractivity contribution in [1.29, 1.82) is 0 Å². The molecular formula is C14H26N2O4S. The predicted octanol–water partition coefficient (Wildman–Crippen LogP) is 1.74. The van der Waals surface area contributed by atoms with E-state index in [1.54, 1.807) is 34.1 Å². The van der Waals surface area contributed by atoms with Crippen LogP contribution in [0.2, 0.25) is 0 Å². The van der Waals surface area contributed by atoms with Crippen LogP contribution in [0.3, 0.4) is 0 Å². The molecule has 0 spiro atoms. The Morgan fingerprint density at radius 2 is 2.00 bits per heavy atom. The minimum atomic E-state index is -3.58. The van der Waals surface area contributed by atoms with E-state index in [1.165, 1.54) is 4.31 Å². The molecule has 1 unspecified atom stereocenters. The fourth-order valence-corrected chi connectivity index (χ4v) is 3.44. The average Bonchev–Trinajstić information content (AvgIpc) is 2.77. The summed E-state index contributed by atoms with van der Waals surface area (Å²) in [5, 5.41) is 3.20. The molecule has 122 valence electrons. The van der Waals surface area contributed by atoms with Gasteiger partial charge in [-0.3, -0.25) is 0 Å². The van der Waals surface area contributed by atoms with Crippen LogP contribution in [-0.4, -0.2) is 45.6 Å². The third kappa shape index (κ3) is 4.54. The SMILES string of the molecule is COCC(C)N(C)S(=O)(=O)c1cc(CNC(C)C)oc1C. The number of nitrogens with zero attached hydrogens (tertiary/aromatic N) is 1. The molecule has 0 saturated heterocycles. The molecule has 0 bridgehead atoms. The highest BCUT2D eigenvalue weighted by Gasteiger charge is 2.29. The summed E-state index contributed by atoms with van der Waals surface area (Å²) >= 11 is 0. The summed E-state index contributed by atoms with van der Waals surface area (Å²) in [5.74, 6) is 1.03. The van der Waals surface area contributed by atoms with Gasteiger partial charge >= 0.3 is 0 Å². The van der Waals surface area contributed by atoms with Crippen molar-refractivity contribution in [2.75, 3.05) is 20.8 Å². The van der Waals surface area contributed by atoms with Gasteiger partial charge in [-0.25, -0.2) is 8.42 Å². The summed E-state index contributed by atoms with van der Waals surface area (Å²) in [6.45, 7) is 8.36. The zero-order valence-corrected chi connectivity index (χ0v) is 14.5. The van der Waals surface area contributed by atoms with Gasteiger partial charge in [0, 0.05) is 32.3 Å². The minimum Gasteiger partial charge on any atom is -0.464 e. The highest BCUT2D eigenvalue weighted by atomic mass is 32.2. The normalized spacial score (nSPS) is 14.1. The highest BCUT2D eigenvalue weighted by molar-refractivity contribution is 7.89. The van der Waals surface area contributed by atoms with Crippen molar-refractivity contribution in [2.24, 2.45) is 0 Å². The van der Waals surface area contributed by atoms with Crippen molar-refractivity contribution >= 4 is 10.0 Å². The number of likely N-dealkylation sites (N-methyl/N-ethyl adjacent to an activating group) is 1. The maximum absolute atomic E-state index is 12.6. The van der Waals surface area contributed by atoms with E-state index in [2.05, 4.69) is 5.32 Å². The molecule has 1 aromatic rings. The first-order valence-electron chi connectivity index (χ1n) is 6.99. The summed E-state index contributed by atoms with van der Waals surface area (Å²) in [5.41, 5.74) is 0. The maximum Gasteiger partial charge on any atom is 0.246 e. The van der Waals surface area contributed by atoms with Crippen LogP contribution in [0.5, 0.6) is 0 Å². The summed E-state index contributed by atoms with van der Waals surface area (Å²) < 4.78 is 37.1. The standard InChI is InChI=1S/C14H26N2O4S/c1-10(2)15-8-13-7-14(12(4)20-13)21(17,18)16(5)11(3)9-19-6/h7,10-11,15H,8-9H2,1-6H3. The van der Waals surface area contributed by atoms with E-state index in [0.717, 1.165) is 0 Å². The monoisotopic (exact) mass is 318 g/mol. The molecule has 0 amide bonds.